The van der Waals surface area contributed by atoms with Crippen LogP contribution in [0, 0.1) is 0 Å². The zero-order valence-electron chi connectivity index (χ0n) is 9.27. The van der Waals surface area contributed by atoms with Gasteiger partial charge in [0.2, 0.25) is 0 Å². The maximum absolute atomic E-state index is 4.09. The van der Waals surface area contributed by atoms with E-state index < -0.39 is 0 Å². The monoisotopic (exact) mass is 202 g/mol. The van der Waals surface area contributed by atoms with E-state index in [1.807, 2.05) is 12.1 Å². The van der Waals surface area contributed by atoms with Crippen molar-refractivity contribution in [3.63, 3.8) is 0 Å². The lowest BCUT2D eigenvalue weighted by Gasteiger charge is -2.12. The van der Waals surface area contributed by atoms with Gasteiger partial charge in [0.1, 0.15) is 11.4 Å². The number of hydrogen-bond donors (Lipinski definition) is 0. The van der Waals surface area contributed by atoms with Crippen LogP contribution in [0.2, 0.25) is 0 Å². The second kappa shape index (κ2) is 4.43. The maximum Gasteiger partial charge on any atom is 0.119 e. The number of benzene rings is 1. The fraction of sp³-hybridized carbons (Fsp3) is 0.500. The van der Waals surface area contributed by atoms with Crippen molar-refractivity contribution in [2.45, 2.75) is 39.0 Å². The highest BCUT2D eigenvalue weighted by Crippen LogP contribution is 2.39. The average Bonchev–Trinajstić information content (AvgIpc) is 2.73. The van der Waals surface area contributed by atoms with E-state index in [1.54, 1.807) is 0 Å². The van der Waals surface area contributed by atoms with E-state index in [4.69, 9.17) is 0 Å². The van der Waals surface area contributed by atoms with E-state index in [-0.39, 0.29) is 0 Å². The molecule has 15 heavy (non-hydrogen) atoms. The lowest BCUT2D eigenvalue weighted by molar-refractivity contribution is 0.625. The molecule has 79 valence electrons. The fourth-order valence-corrected chi connectivity index (χ4v) is 1.92. The summed E-state index contributed by atoms with van der Waals surface area (Å²) >= 11 is 0. The zero-order chi connectivity index (χ0) is 10.7. The van der Waals surface area contributed by atoms with Gasteiger partial charge in [-0.25, -0.2) is 0 Å². The van der Waals surface area contributed by atoms with Crippen LogP contribution in [0.25, 0.3) is 0 Å². The third-order valence-electron chi connectivity index (χ3n) is 2.86. The van der Waals surface area contributed by atoms with Crippen molar-refractivity contribution in [3.05, 3.63) is 23.8 Å². The topological polar surface area (TPSA) is 38.8 Å². The molecule has 1 aliphatic heterocycles. The first kappa shape index (κ1) is 10.1. The Morgan fingerprint density at radius 1 is 1.33 bits per heavy atom. The lowest BCUT2D eigenvalue weighted by Crippen LogP contribution is -1.94. The molecule has 0 fully saturated rings. The molecule has 1 atom stereocenters. The Labute approximate surface area is 90.6 Å². The molecule has 0 aliphatic carbocycles. The summed E-state index contributed by atoms with van der Waals surface area (Å²) in [4.78, 5) is 0. The van der Waals surface area contributed by atoms with E-state index in [2.05, 4.69) is 35.7 Å². The van der Waals surface area contributed by atoms with E-state index in [0.717, 1.165) is 11.4 Å². The maximum atomic E-state index is 4.09. The molecule has 1 heterocycles. The molecule has 0 spiro atoms. The van der Waals surface area contributed by atoms with Crippen LogP contribution in [0.15, 0.2) is 28.5 Å². The molecule has 0 bridgehead atoms. The molecule has 0 saturated carbocycles. The molecule has 1 aromatic rings. The van der Waals surface area contributed by atoms with Crippen molar-refractivity contribution in [2.75, 3.05) is 0 Å². The van der Waals surface area contributed by atoms with Gasteiger partial charge in [-0.1, -0.05) is 38.8 Å². The molecule has 0 amide bonds. The number of rotatable bonds is 4. The highest BCUT2D eigenvalue weighted by molar-refractivity contribution is 5.67. The Morgan fingerprint density at radius 2 is 2.20 bits per heavy atom. The molecule has 1 radical (unpaired) electrons. The molecule has 1 unspecified atom stereocenters. The quantitative estimate of drug-likeness (QED) is 0.701. The standard InChI is InChI=1S/C12H16N3/c1-3-4-6-9(2)10-7-5-8-11-12(10)14-15-13-11/h5,7-9H,3-4,6H2,1-2H3. The predicted molar refractivity (Wildman–Crippen MR) is 60.7 cm³/mol. The summed E-state index contributed by atoms with van der Waals surface area (Å²) in [5.41, 5.74) is 7.15. The van der Waals surface area contributed by atoms with E-state index in [0.29, 0.717) is 5.92 Å². The molecule has 3 heteroatoms. The van der Waals surface area contributed by atoms with Crippen LogP contribution in [0.5, 0.6) is 0 Å². The third-order valence-corrected chi connectivity index (χ3v) is 2.86. The predicted octanol–water partition coefficient (Wildman–Crippen LogP) is 4.23. The molecule has 2 rings (SSSR count). The minimum Gasteiger partial charge on any atom is -0.128 e. The van der Waals surface area contributed by atoms with E-state index in [9.17, 15) is 0 Å². The first-order valence-corrected chi connectivity index (χ1v) is 5.57. The Morgan fingerprint density at radius 3 is 3.00 bits per heavy atom. The van der Waals surface area contributed by atoms with Crippen molar-refractivity contribution in [2.24, 2.45) is 10.3 Å². The molecule has 0 aromatic heterocycles. The van der Waals surface area contributed by atoms with Crippen LogP contribution in [-0.4, -0.2) is 0 Å². The van der Waals surface area contributed by atoms with Crippen molar-refractivity contribution < 1.29 is 0 Å². The van der Waals surface area contributed by atoms with Gasteiger partial charge < -0.3 is 0 Å². The smallest absolute Gasteiger partial charge is 0.119 e. The second-order valence-electron chi connectivity index (χ2n) is 4.05. The number of hydrogen-bond acceptors (Lipinski definition) is 2. The van der Waals surface area contributed by atoms with Crippen LogP contribution in [-0.2, 0) is 0 Å². The minimum atomic E-state index is 0.548. The van der Waals surface area contributed by atoms with Gasteiger partial charge in [0.05, 0.1) is 0 Å². The lowest BCUT2D eigenvalue weighted by atomic mass is 9.94. The van der Waals surface area contributed by atoms with Gasteiger partial charge in [-0.15, -0.1) is 10.5 Å². The molecule has 3 nitrogen and oxygen atoms in total. The minimum absolute atomic E-state index is 0.548. The van der Waals surface area contributed by atoms with E-state index >= 15 is 0 Å². The van der Waals surface area contributed by atoms with Crippen LogP contribution >= 0.6 is 0 Å². The summed E-state index contributed by atoms with van der Waals surface area (Å²) in [6.07, 6.45) is 3.72. The number of nitrogens with zero attached hydrogens (tertiary/aromatic N) is 3. The molecule has 1 aliphatic rings. The second-order valence-corrected chi connectivity index (χ2v) is 4.05. The summed E-state index contributed by atoms with van der Waals surface area (Å²) in [7, 11) is 0. The molecule has 0 N–H and O–H groups in total. The van der Waals surface area contributed by atoms with Crippen molar-refractivity contribution in [3.8, 4) is 0 Å². The largest absolute Gasteiger partial charge is 0.128 e. The SMILES string of the molecule is CCCCC(C)c1cccc2c1N=N[N]2. The van der Waals surface area contributed by atoms with Crippen molar-refractivity contribution >= 4 is 11.4 Å². The zero-order valence-corrected chi connectivity index (χ0v) is 9.27. The number of unbranched alkanes of at least 4 members (excludes halogenated alkanes) is 1. The Kier molecular flexibility index (Phi) is 2.99. The molecule has 0 saturated heterocycles. The molecular weight excluding hydrogens is 186 g/mol. The average molecular weight is 202 g/mol. The van der Waals surface area contributed by atoms with Crippen LogP contribution < -0.4 is 5.43 Å². The Balaban J connectivity index is 2.21. The van der Waals surface area contributed by atoms with Gasteiger partial charge in [-0.2, -0.15) is 0 Å². The van der Waals surface area contributed by atoms with Gasteiger partial charge in [0.25, 0.3) is 0 Å². The first-order valence-electron chi connectivity index (χ1n) is 5.57. The van der Waals surface area contributed by atoms with Gasteiger partial charge in [-0.3, -0.25) is 0 Å². The first-order chi connectivity index (χ1) is 7.33. The highest BCUT2D eigenvalue weighted by Gasteiger charge is 2.17. The van der Waals surface area contributed by atoms with Crippen molar-refractivity contribution in [1.82, 2.24) is 5.43 Å². The van der Waals surface area contributed by atoms with Gasteiger partial charge >= 0.3 is 0 Å². The van der Waals surface area contributed by atoms with E-state index in [1.165, 1.54) is 24.8 Å². The highest BCUT2D eigenvalue weighted by atomic mass is 15.5. The van der Waals surface area contributed by atoms with Gasteiger partial charge in [0.15, 0.2) is 0 Å². The summed E-state index contributed by atoms with van der Waals surface area (Å²) in [5, 5.41) is 7.81. The summed E-state index contributed by atoms with van der Waals surface area (Å²) in [5.74, 6) is 0.548. The molecule has 1 aromatic carbocycles. The third kappa shape index (κ3) is 2.01. The number of fused-ring (bicyclic) bond motifs is 1. The summed E-state index contributed by atoms with van der Waals surface area (Å²) < 4.78 is 0. The van der Waals surface area contributed by atoms with Crippen LogP contribution in [0.1, 0.15) is 44.6 Å². The van der Waals surface area contributed by atoms with Crippen LogP contribution in [0.4, 0.5) is 11.4 Å². The fourth-order valence-electron chi connectivity index (χ4n) is 1.92. The Hall–Kier alpha value is -1.38. The van der Waals surface area contributed by atoms with Gasteiger partial charge in [0, 0.05) is 0 Å². The Bertz CT molecular complexity index is 371. The summed E-state index contributed by atoms with van der Waals surface area (Å²) in [6.45, 7) is 4.47. The van der Waals surface area contributed by atoms with Gasteiger partial charge in [-0.05, 0) is 29.2 Å². The van der Waals surface area contributed by atoms with Crippen LogP contribution in [0.3, 0.4) is 0 Å². The van der Waals surface area contributed by atoms with Crippen molar-refractivity contribution in [1.29, 1.82) is 0 Å². The molecular formula is C12H16N3. The normalized spacial score (nSPS) is 14.8. The summed E-state index contributed by atoms with van der Waals surface area (Å²) in [6, 6.07) is 6.14.